The Morgan fingerprint density at radius 1 is 1.05 bits per heavy atom. The first kappa shape index (κ1) is 28.4. The Kier molecular flexibility index (Phi) is 7.87. The van der Waals surface area contributed by atoms with Crippen molar-refractivity contribution in [3.63, 3.8) is 0 Å². The average molecular weight is 602 g/mol. The topological polar surface area (TPSA) is 105 Å². The first-order valence-electron chi connectivity index (χ1n) is 15.6. The lowest BCUT2D eigenvalue weighted by atomic mass is 9.89. The summed E-state index contributed by atoms with van der Waals surface area (Å²) >= 11 is 1.79. The van der Waals surface area contributed by atoms with Gasteiger partial charge in [0, 0.05) is 30.7 Å². The fraction of sp³-hybridized carbons (Fsp3) is 0.531. The number of piperidine rings is 2. The molecule has 4 aromatic rings. The van der Waals surface area contributed by atoms with E-state index in [1.807, 2.05) is 4.68 Å². The van der Waals surface area contributed by atoms with Gasteiger partial charge in [0.25, 0.3) is 0 Å². The standard InChI is InChI=1S/C32H39N7O3S/c1-20-6-8-26(22-7-9-27-24(15-22)36-31(43-27)21-10-12-37(2)13-11-21)38(19-20)32(41)30(40)35-25-18-33-16-23-17-34-39(29(23)25)28-5-3-4-14-42-28/h7,9,15-18,20-21,26,28H,3-6,8,10-14,19H2,1-2H3,(H,35,40)/t20-,26+,28?/m0/s1. The fourth-order valence-corrected chi connectivity index (χ4v) is 7.98. The molecule has 3 atom stereocenters. The van der Waals surface area contributed by atoms with Gasteiger partial charge in [-0.2, -0.15) is 5.10 Å². The predicted molar refractivity (Wildman–Crippen MR) is 167 cm³/mol. The van der Waals surface area contributed by atoms with E-state index in [4.69, 9.17) is 9.72 Å². The van der Waals surface area contributed by atoms with E-state index < -0.39 is 11.8 Å². The number of fused-ring (bicyclic) bond motifs is 2. The lowest BCUT2D eigenvalue weighted by molar-refractivity contribution is -0.146. The number of hydrogen-bond donors (Lipinski definition) is 1. The van der Waals surface area contributed by atoms with Crippen LogP contribution in [0.3, 0.4) is 0 Å². The van der Waals surface area contributed by atoms with Gasteiger partial charge in [0.1, 0.15) is 0 Å². The number of hydrogen-bond acceptors (Lipinski definition) is 8. The van der Waals surface area contributed by atoms with Crippen LogP contribution < -0.4 is 5.32 Å². The number of ether oxygens (including phenoxy) is 1. The highest BCUT2D eigenvalue weighted by atomic mass is 32.1. The maximum Gasteiger partial charge on any atom is 0.314 e. The molecule has 1 aromatic carbocycles. The number of rotatable bonds is 4. The molecule has 43 heavy (non-hydrogen) atoms. The molecule has 0 spiro atoms. The molecule has 226 valence electrons. The Morgan fingerprint density at radius 3 is 2.72 bits per heavy atom. The second-order valence-corrected chi connectivity index (χ2v) is 13.6. The highest BCUT2D eigenvalue weighted by molar-refractivity contribution is 7.18. The number of carbonyl (C=O) groups excluding carboxylic acids is 2. The van der Waals surface area contributed by atoms with Crippen LogP contribution in [0.2, 0.25) is 0 Å². The minimum atomic E-state index is -0.662. The molecule has 1 unspecified atom stereocenters. The van der Waals surface area contributed by atoms with Crippen LogP contribution in [0.5, 0.6) is 0 Å². The van der Waals surface area contributed by atoms with Crippen molar-refractivity contribution >= 4 is 50.0 Å². The lowest BCUT2D eigenvalue weighted by Gasteiger charge is -2.38. The molecule has 0 aliphatic carbocycles. The van der Waals surface area contributed by atoms with Gasteiger partial charge in [-0.05, 0) is 88.7 Å². The summed E-state index contributed by atoms with van der Waals surface area (Å²) in [4.78, 5) is 40.9. The van der Waals surface area contributed by atoms with E-state index in [-0.39, 0.29) is 12.3 Å². The van der Waals surface area contributed by atoms with Gasteiger partial charge in [0.05, 0.1) is 44.9 Å². The minimum absolute atomic E-state index is 0.178. The van der Waals surface area contributed by atoms with Crippen LogP contribution in [0.1, 0.15) is 80.6 Å². The zero-order chi connectivity index (χ0) is 29.5. The first-order chi connectivity index (χ1) is 20.9. The van der Waals surface area contributed by atoms with Crippen LogP contribution in [-0.2, 0) is 14.3 Å². The smallest absolute Gasteiger partial charge is 0.314 e. The van der Waals surface area contributed by atoms with Crippen LogP contribution in [0.25, 0.3) is 21.1 Å². The molecular weight excluding hydrogens is 562 g/mol. The second kappa shape index (κ2) is 11.9. The summed E-state index contributed by atoms with van der Waals surface area (Å²) in [6, 6.07) is 6.21. The summed E-state index contributed by atoms with van der Waals surface area (Å²) in [5.74, 6) is -0.375. The average Bonchev–Trinajstić information content (AvgIpc) is 3.66. The molecule has 3 aromatic heterocycles. The number of carbonyl (C=O) groups is 2. The normalized spacial score (nSPS) is 24.0. The Balaban J connectivity index is 1.13. The summed E-state index contributed by atoms with van der Waals surface area (Å²) < 4.78 is 8.95. The Bertz CT molecular complexity index is 1640. The van der Waals surface area contributed by atoms with E-state index in [0.29, 0.717) is 30.7 Å². The van der Waals surface area contributed by atoms with Crippen molar-refractivity contribution in [2.45, 2.75) is 70.1 Å². The van der Waals surface area contributed by atoms with Gasteiger partial charge in [0.2, 0.25) is 0 Å². The van der Waals surface area contributed by atoms with Gasteiger partial charge in [-0.3, -0.25) is 14.6 Å². The number of pyridine rings is 1. The summed E-state index contributed by atoms with van der Waals surface area (Å²) in [5, 5.41) is 9.43. The van der Waals surface area contributed by atoms with Gasteiger partial charge in [-0.15, -0.1) is 11.3 Å². The molecular formula is C32H39N7O3S. The third kappa shape index (κ3) is 5.65. The largest absolute Gasteiger partial charge is 0.356 e. The number of amides is 2. The number of nitrogens with one attached hydrogen (secondary N) is 1. The van der Waals surface area contributed by atoms with E-state index >= 15 is 0 Å². The Hall–Kier alpha value is -3.41. The van der Waals surface area contributed by atoms with E-state index in [2.05, 4.69) is 52.5 Å². The highest BCUT2D eigenvalue weighted by Crippen LogP contribution is 2.38. The Morgan fingerprint density at radius 2 is 1.91 bits per heavy atom. The van der Waals surface area contributed by atoms with E-state index in [0.717, 1.165) is 80.0 Å². The fourth-order valence-electron chi connectivity index (χ4n) is 6.86. The van der Waals surface area contributed by atoms with Crippen LogP contribution in [-0.4, -0.2) is 74.7 Å². The number of aromatic nitrogens is 4. The number of benzene rings is 1. The number of nitrogens with zero attached hydrogens (tertiary/aromatic N) is 6. The highest BCUT2D eigenvalue weighted by Gasteiger charge is 2.35. The third-order valence-corrected chi connectivity index (χ3v) is 10.5. The quantitative estimate of drug-likeness (QED) is 0.309. The molecule has 10 nitrogen and oxygen atoms in total. The minimum Gasteiger partial charge on any atom is -0.356 e. The molecule has 3 fully saturated rings. The van der Waals surface area contributed by atoms with Crippen molar-refractivity contribution in [2.75, 3.05) is 38.6 Å². The van der Waals surface area contributed by atoms with Crippen molar-refractivity contribution in [1.82, 2.24) is 29.5 Å². The number of likely N-dealkylation sites (tertiary alicyclic amines) is 2. The van der Waals surface area contributed by atoms with Crippen LogP contribution in [0.4, 0.5) is 5.69 Å². The second-order valence-electron chi connectivity index (χ2n) is 12.5. The van der Waals surface area contributed by atoms with Crippen LogP contribution in [0, 0.1) is 5.92 Å². The predicted octanol–water partition coefficient (Wildman–Crippen LogP) is 5.49. The van der Waals surface area contributed by atoms with Crippen molar-refractivity contribution in [1.29, 1.82) is 0 Å². The zero-order valence-electron chi connectivity index (χ0n) is 24.9. The molecule has 6 heterocycles. The van der Waals surface area contributed by atoms with Gasteiger partial charge >= 0.3 is 11.8 Å². The van der Waals surface area contributed by atoms with Crippen LogP contribution in [0.15, 0.2) is 36.8 Å². The van der Waals surface area contributed by atoms with Crippen LogP contribution >= 0.6 is 11.3 Å². The van der Waals surface area contributed by atoms with E-state index in [9.17, 15) is 9.59 Å². The monoisotopic (exact) mass is 601 g/mol. The van der Waals surface area contributed by atoms with E-state index in [1.165, 1.54) is 9.71 Å². The molecule has 3 aliphatic rings. The molecule has 0 saturated carbocycles. The first-order valence-corrected chi connectivity index (χ1v) is 16.4. The van der Waals surface area contributed by atoms with Gasteiger partial charge in [-0.25, -0.2) is 9.67 Å². The van der Waals surface area contributed by atoms with Crippen molar-refractivity contribution < 1.29 is 14.3 Å². The van der Waals surface area contributed by atoms with Gasteiger partial charge in [0.15, 0.2) is 6.23 Å². The molecule has 11 heteroatoms. The number of anilines is 1. The van der Waals surface area contributed by atoms with Crippen molar-refractivity contribution in [3.05, 3.63) is 47.4 Å². The summed E-state index contributed by atoms with van der Waals surface area (Å²) in [7, 11) is 2.18. The number of thiazole rings is 1. The SMILES string of the molecule is C[C@H]1CC[C@H](c2ccc3sc(C4CCN(C)CC4)nc3c2)N(C(=O)C(=O)Nc2cncc3cnn(C4CCCCO4)c23)C1. The molecule has 0 bridgehead atoms. The molecule has 3 saturated heterocycles. The molecule has 7 rings (SSSR count). The maximum atomic E-state index is 13.8. The molecule has 3 aliphatic heterocycles. The zero-order valence-corrected chi connectivity index (χ0v) is 25.7. The molecule has 1 N–H and O–H groups in total. The Labute approximate surface area is 255 Å². The third-order valence-electron chi connectivity index (χ3n) is 9.33. The van der Waals surface area contributed by atoms with Gasteiger partial charge < -0.3 is 19.9 Å². The summed E-state index contributed by atoms with van der Waals surface area (Å²) in [6.07, 6.45) is 11.8. The maximum absolute atomic E-state index is 13.8. The van der Waals surface area contributed by atoms with Crippen molar-refractivity contribution in [2.24, 2.45) is 5.92 Å². The lowest BCUT2D eigenvalue weighted by Crippen LogP contribution is -2.46. The summed E-state index contributed by atoms with van der Waals surface area (Å²) in [6.45, 7) is 5.56. The summed E-state index contributed by atoms with van der Waals surface area (Å²) in [5.41, 5.74) is 3.22. The molecule has 0 radical (unpaired) electrons. The van der Waals surface area contributed by atoms with Gasteiger partial charge in [-0.1, -0.05) is 13.0 Å². The molecule has 2 amide bonds. The van der Waals surface area contributed by atoms with E-state index in [1.54, 1.807) is 34.8 Å². The van der Waals surface area contributed by atoms with Crippen molar-refractivity contribution in [3.8, 4) is 0 Å².